The predicted molar refractivity (Wildman–Crippen MR) is 117 cm³/mol. The molecule has 3 N–H and O–H groups in total. The first kappa shape index (κ1) is 20.5. The Hall–Kier alpha value is -2.42. The molecule has 9 heteroatoms. The highest BCUT2D eigenvalue weighted by Crippen LogP contribution is 2.45. The number of aliphatic carboxylic acids is 1. The maximum Gasteiger partial charge on any atom is 0.310 e. The number of carboxylic acid groups (broad SMARTS) is 1. The normalized spacial score (nSPS) is 26.0. The van der Waals surface area contributed by atoms with Crippen LogP contribution in [0.3, 0.4) is 0 Å². The second kappa shape index (κ2) is 7.93. The molecule has 5 rings (SSSR count). The lowest BCUT2D eigenvalue weighted by molar-refractivity contribution is -0.147. The summed E-state index contributed by atoms with van der Waals surface area (Å²) in [6.07, 6.45) is 3.15. The highest BCUT2D eigenvalue weighted by atomic mass is 35.5. The number of fused-ring (bicyclic) bond motifs is 3. The van der Waals surface area contributed by atoms with Gasteiger partial charge in [0.05, 0.1) is 29.6 Å². The van der Waals surface area contributed by atoms with Crippen LogP contribution in [0, 0.1) is 11.8 Å². The molecule has 2 aliphatic heterocycles. The van der Waals surface area contributed by atoms with Crippen molar-refractivity contribution in [1.29, 1.82) is 0 Å². The highest BCUT2D eigenvalue weighted by molar-refractivity contribution is 7.17. The minimum absolute atomic E-state index is 0.295. The van der Waals surface area contributed by atoms with E-state index in [1.807, 2.05) is 0 Å². The number of anilines is 2. The summed E-state index contributed by atoms with van der Waals surface area (Å²) in [7, 11) is 0. The van der Waals surface area contributed by atoms with Gasteiger partial charge in [-0.05, 0) is 61.9 Å². The van der Waals surface area contributed by atoms with E-state index in [1.54, 1.807) is 24.3 Å². The van der Waals surface area contributed by atoms with Gasteiger partial charge in [0.25, 0.3) is 5.91 Å². The Balaban J connectivity index is 1.41. The molecule has 4 unspecified atom stereocenters. The maximum atomic E-state index is 13.1. The Morgan fingerprint density at radius 2 is 1.74 bits per heavy atom. The highest BCUT2D eigenvalue weighted by Gasteiger charge is 2.55. The van der Waals surface area contributed by atoms with E-state index in [1.165, 1.54) is 11.3 Å². The van der Waals surface area contributed by atoms with E-state index < -0.39 is 23.9 Å². The van der Waals surface area contributed by atoms with Crippen molar-refractivity contribution in [3.63, 3.8) is 0 Å². The predicted octanol–water partition coefficient (Wildman–Crippen LogP) is 3.96. The van der Waals surface area contributed by atoms with Crippen LogP contribution < -0.4 is 10.6 Å². The van der Waals surface area contributed by atoms with Gasteiger partial charge in [-0.3, -0.25) is 14.4 Å². The maximum absolute atomic E-state index is 13.1. The van der Waals surface area contributed by atoms with Crippen molar-refractivity contribution in [3.05, 3.63) is 45.3 Å². The van der Waals surface area contributed by atoms with Crippen LogP contribution in [0.4, 0.5) is 10.7 Å². The van der Waals surface area contributed by atoms with Gasteiger partial charge in [-0.2, -0.15) is 0 Å². The molecule has 0 saturated carbocycles. The van der Waals surface area contributed by atoms with Gasteiger partial charge >= 0.3 is 5.97 Å². The van der Waals surface area contributed by atoms with Gasteiger partial charge in [-0.15, -0.1) is 11.3 Å². The first-order valence-corrected chi connectivity index (χ1v) is 11.5. The van der Waals surface area contributed by atoms with Crippen molar-refractivity contribution in [2.45, 2.75) is 44.3 Å². The summed E-state index contributed by atoms with van der Waals surface area (Å²) in [5.41, 5.74) is 2.04. The van der Waals surface area contributed by atoms with E-state index in [2.05, 4.69) is 10.6 Å². The number of benzene rings is 1. The molecule has 3 aliphatic rings. The Kier molecular flexibility index (Phi) is 5.24. The average Bonchev–Trinajstić information content (AvgIpc) is 3.49. The number of carbonyl (C=O) groups is 3. The molecule has 2 amide bonds. The van der Waals surface area contributed by atoms with Crippen LogP contribution in [0.25, 0.3) is 0 Å². The molecule has 2 aromatic rings. The number of rotatable bonds is 5. The number of hydrogen-bond acceptors (Lipinski definition) is 5. The molecular formula is C22H21ClN2O5S. The van der Waals surface area contributed by atoms with Gasteiger partial charge in [0.1, 0.15) is 5.00 Å². The molecule has 2 saturated heterocycles. The third-order valence-corrected chi connectivity index (χ3v) is 7.81. The minimum Gasteiger partial charge on any atom is -0.481 e. The van der Waals surface area contributed by atoms with Crippen molar-refractivity contribution < 1.29 is 24.2 Å². The molecular weight excluding hydrogens is 440 g/mol. The number of halogens is 1. The lowest BCUT2D eigenvalue weighted by Crippen LogP contribution is -2.41. The lowest BCUT2D eigenvalue weighted by Gasteiger charge is -2.23. The standard InChI is InChI=1S/C22H21ClN2O5S/c23-10-4-6-11(7-5-10)24-19(26)16-12-2-1-3-15(12)31-21(16)25-20(27)17-13-8-9-14(30-13)18(17)22(28)29/h4-7,13-14,17-18H,1-3,8-9H2,(H,24,26)(H,25,27)(H,28,29). The van der Waals surface area contributed by atoms with Gasteiger partial charge in [0, 0.05) is 15.6 Å². The number of carboxylic acids is 1. The number of amides is 2. The smallest absolute Gasteiger partial charge is 0.310 e. The summed E-state index contributed by atoms with van der Waals surface area (Å²) in [5.74, 6) is -3.30. The number of ether oxygens (including phenoxy) is 1. The molecule has 1 aromatic carbocycles. The van der Waals surface area contributed by atoms with Gasteiger partial charge < -0.3 is 20.5 Å². The van der Waals surface area contributed by atoms with Crippen LogP contribution in [-0.2, 0) is 27.2 Å². The zero-order valence-electron chi connectivity index (χ0n) is 16.5. The molecule has 31 heavy (non-hydrogen) atoms. The Morgan fingerprint density at radius 3 is 2.45 bits per heavy atom. The van der Waals surface area contributed by atoms with Crippen molar-refractivity contribution >= 4 is 51.4 Å². The zero-order chi connectivity index (χ0) is 21.7. The van der Waals surface area contributed by atoms with E-state index in [9.17, 15) is 19.5 Å². The van der Waals surface area contributed by atoms with Crippen LogP contribution in [0.15, 0.2) is 24.3 Å². The van der Waals surface area contributed by atoms with Crippen LogP contribution >= 0.6 is 22.9 Å². The van der Waals surface area contributed by atoms with Gasteiger partial charge in [0.2, 0.25) is 5.91 Å². The van der Waals surface area contributed by atoms with Crippen molar-refractivity contribution in [2.24, 2.45) is 11.8 Å². The molecule has 7 nitrogen and oxygen atoms in total. The summed E-state index contributed by atoms with van der Waals surface area (Å²) in [6, 6.07) is 6.82. The second-order valence-corrected chi connectivity index (χ2v) is 9.73. The molecule has 1 aromatic heterocycles. The topological polar surface area (TPSA) is 105 Å². The van der Waals surface area contributed by atoms with Gasteiger partial charge in [-0.25, -0.2) is 0 Å². The number of thiophene rings is 1. The summed E-state index contributed by atoms with van der Waals surface area (Å²) in [4.78, 5) is 39.1. The first-order valence-electron chi connectivity index (χ1n) is 10.3. The lowest BCUT2D eigenvalue weighted by atomic mass is 9.79. The molecule has 2 bridgehead atoms. The second-order valence-electron chi connectivity index (χ2n) is 8.19. The van der Waals surface area contributed by atoms with Crippen LogP contribution in [-0.4, -0.2) is 35.1 Å². The number of aryl methyl sites for hydroxylation is 1. The summed E-state index contributed by atoms with van der Waals surface area (Å²) < 4.78 is 5.72. The number of carbonyl (C=O) groups excluding carboxylic acids is 2. The fraction of sp³-hybridized carbons (Fsp3) is 0.409. The molecule has 2 fully saturated rings. The largest absolute Gasteiger partial charge is 0.481 e. The first-order chi connectivity index (χ1) is 14.9. The Labute approximate surface area is 187 Å². The fourth-order valence-corrected chi connectivity index (χ4v) is 6.39. The van der Waals surface area contributed by atoms with E-state index in [-0.39, 0.29) is 17.9 Å². The van der Waals surface area contributed by atoms with Crippen LogP contribution in [0.5, 0.6) is 0 Å². The molecule has 0 spiro atoms. The van der Waals surface area contributed by atoms with Crippen molar-refractivity contribution in [1.82, 2.24) is 0 Å². The van der Waals surface area contributed by atoms with Crippen LogP contribution in [0.2, 0.25) is 5.02 Å². The van der Waals surface area contributed by atoms with E-state index in [4.69, 9.17) is 16.3 Å². The fourth-order valence-electron chi connectivity index (χ4n) is 4.98. The molecule has 4 atom stereocenters. The van der Waals surface area contributed by atoms with E-state index >= 15 is 0 Å². The molecule has 1 aliphatic carbocycles. The van der Waals surface area contributed by atoms with E-state index in [0.717, 1.165) is 29.7 Å². The SMILES string of the molecule is O=C(Nc1ccc(Cl)cc1)c1c(NC(=O)C2C3CCC(O3)C2C(=O)O)sc2c1CCC2. The van der Waals surface area contributed by atoms with Crippen LogP contribution in [0.1, 0.15) is 40.1 Å². The molecule has 0 radical (unpaired) electrons. The monoisotopic (exact) mass is 460 g/mol. The van der Waals surface area contributed by atoms with Crippen molar-refractivity contribution in [3.8, 4) is 0 Å². The average molecular weight is 461 g/mol. The summed E-state index contributed by atoms with van der Waals surface area (Å²) >= 11 is 7.32. The zero-order valence-corrected chi connectivity index (χ0v) is 18.1. The molecule has 162 valence electrons. The third-order valence-electron chi connectivity index (χ3n) is 6.35. The Morgan fingerprint density at radius 1 is 1.03 bits per heavy atom. The molecule has 3 heterocycles. The number of nitrogens with one attached hydrogen (secondary N) is 2. The third kappa shape index (κ3) is 3.62. The van der Waals surface area contributed by atoms with Gasteiger partial charge in [-0.1, -0.05) is 11.6 Å². The van der Waals surface area contributed by atoms with Gasteiger partial charge in [0.15, 0.2) is 0 Å². The summed E-state index contributed by atoms with van der Waals surface area (Å²) in [6.45, 7) is 0. The summed E-state index contributed by atoms with van der Waals surface area (Å²) in [5, 5.41) is 16.4. The van der Waals surface area contributed by atoms with E-state index in [0.29, 0.717) is 34.1 Å². The van der Waals surface area contributed by atoms with Crippen molar-refractivity contribution in [2.75, 3.05) is 10.6 Å². The minimum atomic E-state index is -1.01. The Bertz CT molecular complexity index is 1070. The number of hydrogen-bond donors (Lipinski definition) is 3. The quantitative estimate of drug-likeness (QED) is 0.626.